The number of hydrogen-bond acceptors (Lipinski definition) is 7. The number of nitrogens with zero attached hydrogens (tertiary/aromatic N) is 1. The van der Waals surface area contributed by atoms with Crippen LogP contribution in [0.3, 0.4) is 0 Å². The summed E-state index contributed by atoms with van der Waals surface area (Å²) in [7, 11) is -4.70. The third-order valence-electron chi connectivity index (χ3n) is 4.90. The molecule has 35 heavy (non-hydrogen) atoms. The van der Waals surface area contributed by atoms with Crippen LogP contribution in [0.15, 0.2) is 88.4 Å². The Labute approximate surface area is 203 Å². The molecule has 1 aliphatic rings. The maximum absolute atomic E-state index is 14.2. The number of benzene rings is 3. The molecule has 0 aromatic heterocycles. The van der Waals surface area contributed by atoms with Crippen LogP contribution in [0.2, 0.25) is 0 Å². The highest BCUT2D eigenvalue weighted by Crippen LogP contribution is 2.31. The maximum atomic E-state index is 14.2. The molecule has 2 N–H and O–H groups in total. The Morgan fingerprint density at radius 1 is 0.914 bits per heavy atom. The number of carbonyl (C=O) groups is 3. The van der Waals surface area contributed by atoms with Crippen molar-refractivity contribution in [2.45, 2.75) is 4.90 Å². The standard InChI is InChI=1S/C23H15ClFN3O6S/c24-19-20(23(31)28(22(19)30)18-10-2-1-9-17(18)25)26-14-6-3-5-13(11-14)21(29)27-15-7-4-8-16(12-15)35(32,33)34/h1-12,26H,(H,27,29)(H,32,33,34)/p-1. The summed E-state index contributed by atoms with van der Waals surface area (Å²) in [5.74, 6) is -3.22. The minimum atomic E-state index is -4.70. The molecule has 178 valence electrons. The second kappa shape index (κ2) is 9.29. The number of hydrogen-bond donors (Lipinski definition) is 2. The molecule has 0 saturated heterocycles. The van der Waals surface area contributed by atoms with Crippen LogP contribution in [-0.2, 0) is 19.7 Å². The van der Waals surface area contributed by atoms with Gasteiger partial charge in [-0.3, -0.25) is 14.4 Å². The lowest BCUT2D eigenvalue weighted by Gasteiger charge is -2.15. The van der Waals surface area contributed by atoms with Crippen LogP contribution in [0.1, 0.15) is 10.4 Å². The van der Waals surface area contributed by atoms with Crippen molar-refractivity contribution in [3.63, 3.8) is 0 Å². The molecule has 0 radical (unpaired) electrons. The molecular formula is C23H14ClFN3O6S-. The highest BCUT2D eigenvalue weighted by molar-refractivity contribution is 7.85. The van der Waals surface area contributed by atoms with E-state index in [9.17, 15) is 31.7 Å². The van der Waals surface area contributed by atoms with E-state index in [0.29, 0.717) is 4.90 Å². The predicted octanol–water partition coefficient (Wildman–Crippen LogP) is 3.42. The molecule has 0 bridgehead atoms. The SMILES string of the molecule is O=C(Nc1cccc(S(=O)(=O)[O-])c1)c1cccc(NC2=C(Cl)C(=O)N(c3ccccc3F)C2=O)c1. The lowest BCUT2D eigenvalue weighted by atomic mass is 10.1. The quantitative estimate of drug-likeness (QED) is 0.380. The van der Waals surface area contributed by atoms with Crippen molar-refractivity contribution in [2.75, 3.05) is 15.5 Å². The monoisotopic (exact) mass is 514 g/mol. The summed E-state index contributed by atoms with van der Waals surface area (Å²) in [5, 5.41) is 4.71. The van der Waals surface area contributed by atoms with Gasteiger partial charge in [0.25, 0.3) is 17.7 Å². The minimum absolute atomic E-state index is 0.0770. The zero-order chi connectivity index (χ0) is 25.3. The maximum Gasteiger partial charge on any atom is 0.283 e. The van der Waals surface area contributed by atoms with E-state index in [-0.39, 0.29) is 28.3 Å². The summed E-state index contributed by atoms with van der Waals surface area (Å²) in [6, 6.07) is 15.8. The molecule has 3 aromatic rings. The first kappa shape index (κ1) is 24.1. The van der Waals surface area contributed by atoms with E-state index in [1.165, 1.54) is 54.6 Å². The first-order valence-corrected chi connectivity index (χ1v) is 11.6. The van der Waals surface area contributed by atoms with Gasteiger partial charge in [0, 0.05) is 16.9 Å². The number of nitrogens with one attached hydrogen (secondary N) is 2. The molecule has 4 rings (SSSR count). The van der Waals surface area contributed by atoms with Crippen molar-refractivity contribution in [3.8, 4) is 0 Å². The number of rotatable bonds is 6. The zero-order valence-electron chi connectivity index (χ0n) is 17.5. The molecule has 12 heteroatoms. The van der Waals surface area contributed by atoms with Gasteiger partial charge in [-0.2, -0.15) is 0 Å². The second-order valence-electron chi connectivity index (χ2n) is 7.23. The second-order valence-corrected chi connectivity index (χ2v) is 8.99. The van der Waals surface area contributed by atoms with Crippen molar-refractivity contribution < 1.29 is 31.7 Å². The molecular weight excluding hydrogens is 501 g/mol. The van der Waals surface area contributed by atoms with E-state index in [0.717, 1.165) is 18.2 Å². The number of imide groups is 1. The first-order chi connectivity index (χ1) is 16.6. The fraction of sp³-hybridized carbons (Fsp3) is 0. The van der Waals surface area contributed by atoms with Crippen LogP contribution >= 0.6 is 11.6 Å². The summed E-state index contributed by atoms with van der Waals surface area (Å²) < 4.78 is 47.7. The fourth-order valence-corrected chi connectivity index (χ4v) is 4.01. The summed E-state index contributed by atoms with van der Waals surface area (Å²) in [4.78, 5) is 38.1. The summed E-state index contributed by atoms with van der Waals surface area (Å²) in [6.07, 6.45) is 0. The highest BCUT2D eigenvalue weighted by Gasteiger charge is 2.40. The van der Waals surface area contributed by atoms with Gasteiger partial charge in [0.15, 0.2) is 0 Å². The largest absolute Gasteiger partial charge is 0.744 e. The van der Waals surface area contributed by atoms with Gasteiger partial charge in [0.2, 0.25) is 0 Å². The highest BCUT2D eigenvalue weighted by atomic mass is 35.5. The van der Waals surface area contributed by atoms with E-state index >= 15 is 0 Å². The smallest absolute Gasteiger partial charge is 0.283 e. The molecule has 9 nitrogen and oxygen atoms in total. The van der Waals surface area contributed by atoms with Gasteiger partial charge in [-0.15, -0.1) is 0 Å². The topological polar surface area (TPSA) is 136 Å². The van der Waals surface area contributed by atoms with E-state index in [1.807, 2.05) is 0 Å². The Hall–Kier alpha value is -4.06. The third kappa shape index (κ3) is 4.92. The molecule has 1 aliphatic heterocycles. The van der Waals surface area contributed by atoms with Crippen LogP contribution in [-0.4, -0.2) is 30.7 Å². The van der Waals surface area contributed by atoms with Crippen molar-refractivity contribution in [3.05, 3.63) is 94.9 Å². The number of anilines is 3. The minimum Gasteiger partial charge on any atom is -0.744 e. The Balaban J connectivity index is 1.55. The number of para-hydroxylation sites is 1. The zero-order valence-corrected chi connectivity index (χ0v) is 19.1. The normalized spacial score (nSPS) is 13.9. The average molecular weight is 515 g/mol. The molecule has 3 aromatic carbocycles. The fourth-order valence-electron chi connectivity index (χ4n) is 3.28. The van der Waals surface area contributed by atoms with Gasteiger partial charge < -0.3 is 15.2 Å². The van der Waals surface area contributed by atoms with Crippen molar-refractivity contribution in [1.82, 2.24) is 0 Å². The molecule has 0 atom stereocenters. The van der Waals surface area contributed by atoms with Gasteiger partial charge in [0.1, 0.15) is 26.7 Å². The molecule has 3 amide bonds. The van der Waals surface area contributed by atoms with Crippen molar-refractivity contribution >= 4 is 56.5 Å². The van der Waals surface area contributed by atoms with Gasteiger partial charge in [-0.05, 0) is 48.5 Å². The average Bonchev–Trinajstić information content (AvgIpc) is 3.02. The molecule has 1 heterocycles. The van der Waals surface area contributed by atoms with Crippen LogP contribution in [0.25, 0.3) is 0 Å². The summed E-state index contributed by atoms with van der Waals surface area (Å²) in [5.41, 5.74) is -0.157. The van der Waals surface area contributed by atoms with Crippen molar-refractivity contribution in [1.29, 1.82) is 0 Å². The molecule has 0 fully saturated rings. The van der Waals surface area contributed by atoms with Crippen molar-refractivity contribution in [2.24, 2.45) is 0 Å². The van der Waals surface area contributed by atoms with Crippen LogP contribution < -0.4 is 15.5 Å². The number of amides is 3. The predicted molar refractivity (Wildman–Crippen MR) is 124 cm³/mol. The van der Waals surface area contributed by atoms with Gasteiger partial charge >= 0.3 is 0 Å². The summed E-state index contributed by atoms with van der Waals surface area (Å²) >= 11 is 6.06. The lowest BCUT2D eigenvalue weighted by Crippen LogP contribution is -2.33. The third-order valence-corrected chi connectivity index (χ3v) is 6.08. The molecule has 0 unspecified atom stereocenters. The Morgan fingerprint density at radius 2 is 1.60 bits per heavy atom. The Bertz CT molecular complexity index is 1520. The van der Waals surface area contributed by atoms with Crippen LogP contribution in [0.4, 0.5) is 21.5 Å². The molecule has 0 aliphatic carbocycles. The van der Waals surface area contributed by atoms with Gasteiger partial charge in [0.05, 0.1) is 10.6 Å². The van der Waals surface area contributed by atoms with Gasteiger partial charge in [-0.25, -0.2) is 17.7 Å². The lowest BCUT2D eigenvalue weighted by molar-refractivity contribution is -0.120. The van der Waals surface area contributed by atoms with Crippen LogP contribution in [0, 0.1) is 5.82 Å². The Kier molecular flexibility index (Phi) is 6.39. The van der Waals surface area contributed by atoms with Crippen LogP contribution in [0.5, 0.6) is 0 Å². The number of carbonyl (C=O) groups excluding carboxylic acids is 3. The van der Waals surface area contributed by atoms with E-state index < -0.39 is 43.6 Å². The van der Waals surface area contributed by atoms with E-state index in [4.69, 9.17) is 11.6 Å². The number of halogens is 2. The summed E-state index contributed by atoms with van der Waals surface area (Å²) in [6.45, 7) is 0. The van der Waals surface area contributed by atoms with E-state index in [1.54, 1.807) is 0 Å². The molecule has 0 saturated carbocycles. The van der Waals surface area contributed by atoms with Gasteiger partial charge in [-0.1, -0.05) is 35.9 Å². The van der Waals surface area contributed by atoms with E-state index in [2.05, 4.69) is 10.6 Å². The Morgan fingerprint density at radius 3 is 2.31 bits per heavy atom. The first-order valence-electron chi connectivity index (χ1n) is 9.84. The molecule has 0 spiro atoms.